The molecule has 0 saturated carbocycles. The Labute approximate surface area is 149 Å². The predicted molar refractivity (Wildman–Crippen MR) is 92.0 cm³/mol. The molecule has 0 aliphatic carbocycles. The van der Waals surface area contributed by atoms with E-state index in [2.05, 4.69) is 10.4 Å². The smallest absolute Gasteiger partial charge is 0.258 e. The highest BCUT2D eigenvalue weighted by Crippen LogP contribution is 2.21. The molecule has 1 amide bonds. The summed E-state index contributed by atoms with van der Waals surface area (Å²) in [6, 6.07) is 12.0. The Morgan fingerprint density at radius 1 is 1.23 bits per heavy atom. The van der Waals surface area contributed by atoms with Crippen molar-refractivity contribution in [2.45, 2.75) is 13.0 Å². The van der Waals surface area contributed by atoms with Gasteiger partial charge in [-0.15, -0.1) is 0 Å². The second-order valence-corrected chi connectivity index (χ2v) is 5.66. The first-order valence-corrected chi connectivity index (χ1v) is 8.01. The normalized spacial score (nSPS) is 11.8. The van der Waals surface area contributed by atoms with Gasteiger partial charge in [0, 0.05) is 18.5 Å². The van der Waals surface area contributed by atoms with Crippen molar-refractivity contribution < 1.29 is 18.3 Å². The molecule has 0 aliphatic rings. The van der Waals surface area contributed by atoms with Gasteiger partial charge in [0.2, 0.25) is 0 Å². The average molecular weight is 357 g/mol. The maximum atomic E-state index is 13.5. The van der Waals surface area contributed by atoms with Crippen molar-refractivity contribution in [3.8, 4) is 11.4 Å². The summed E-state index contributed by atoms with van der Waals surface area (Å²) in [5, 5.41) is 7.01. The summed E-state index contributed by atoms with van der Waals surface area (Å²) >= 11 is 0. The zero-order valence-electron chi connectivity index (χ0n) is 14.0. The molecule has 3 aromatic rings. The Morgan fingerprint density at radius 3 is 2.77 bits per heavy atom. The highest BCUT2D eigenvalue weighted by Gasteiger charge is 2.15. The Balaban J connectivity index is 1.65. The first-order valence-electron chi connectivity index (χ1n) is 8.01. The summed E-state index contributed by atoms with van der Waals surface area (Å²) in [5.41, 5.74) is 1.72. The lowest BCUT2D eigenvalue weighted by molar-refractivity contribution is -0.123. The van der Waals surface area contributed by atoms with Crippen LogP contribution in [-0.2, 0) is 4.79 Å². The van der Waals surface area contributed by atoms with Gasteiger partial charge in [0.05, 0.1) is 11.7 Å². The molecule has 0 aliphatic heterocycles. The second kappa shape index (κ2) is 7.77. The highest BCUT2D eigenvalue weighted by molar-refractivity contribution is 5.78. The maximum Gasteiger partial charge on any atom is 0.258 e. The molecule has 1 heterocycles. The van der Waals surface area contributed by atoms with Gasteiger partial charge in [-0.1, -0.05) is 18.2 Å². The minimum absolute atomic E-state index is 0.175. The first kappa shape index (κ1) is 17.6. The van der Waals surface area contributed by atoms with Crippen LogP contribution in [-0.4, -0.2) is 22.3 Å². The number of aromatic nitrogens is 2. The zero-order chi connectivity index (χ0) is 18.5. The number of nitrogens with one attached hydrogen (secondary N) is 1. The van der Waals surface area contributed by atoms with Crippen LogP contribution in [0.2, 0.25) is 0 Å². The minimum Gasteiger partial charge on any atom is -0.481 e. The molecule has 3 rings (SSSR count). The molecule has 1 N–H and O–H groups in total. The number of nitrogens with zero attached hydrogens (tertiary/aromatic N) is 2. The fraction of sp³-hybridized carbons (Fsp3) is 0.158. The second-order valence-electron chi connectivity index (χ2n) is 5.66. The van der Waals surface area contributed by atoms with Crippen LogP contribution in [0.4, 0.5) is 8.78 Å². The Bertz CT molecular complexity index is 898. The number of hydrogen-bond acceptors (Lipinski definition) is 3. The van der Waals surface area contributed by atoms with E-state index >= 15 is 0 Å². The topological polar surface area (TPSA) is 56.1 Å². The van der Waals surface area contributed by atoms with E-state index in [9.17, 15) is 13.6 Å². The number of para-hydroxylation sites is 1. The lowest BCUT2D eigenvalue weighted by atomic mass is 10.1. The number of benzene rings is 2. The quantitative estimate of drug-likeness (QED) is 0.736. The van der Waals surface area contributed by atoms with E-state index in [1.807, 2.05) is 43.5 Å². The van der Waals surface area contributed by atoms with Crippen molar-refractivity contribution in [2.24, 2.45) is 0 Å². The predicted octanol–water partition coefficient (Wildman–Crippen LogP) is 3.41. The largest absolute Gasteiger partial charge is 0.481 e. The van der Waals surface area contributed by atoms with Gasteiger partial charge < -0.3 is 10.1 Å². The average Bonchev–Trinajstić information content (AvgIpc) is 3.15. The summed E-state index contributed by atoms with van der Waals surface area (Å²) in [4.78, 5) is 12.1. The van der Waals surface area contributed by atoms with Crippen LogP contribution in [0, 0.1) is 11.6 Å². The molecule has 1 unspecified atom stereocenters. The van der Waals surface area contributed by atoms with Crippen LogP contribution >= 0.6 is 0 Å². The standard InChI is InChI=1S/C19H17F2N3O2/c1-13(15-5-2-3-6-17(15)24-10-4-9-22-24)23-19(25)12-26-18-8-7-14(20)11-16(18)21/h2-11,13H,12H2,1H3,(H,23,25). The lowest BCUT2D eigenvalue weighted by Gasteiger charge is -2.18. The van der Waals surface area contributed by atoms with Crippen LogP contribution < -0.4 is 10.1 Å². The van der Waals surface area contributed by atoms with Gasteiger partial charge in [0.15, 0.2) is 18.2 Å². The van der Waals surface area contributed by atoms with E-state index in [1.54, 1.807) is 10.9 Å². The zero-order valence-corrected chi connectivity index (χ0v) is 14.0. The number of carbonyl (C=O) groups is 1. The monoisotopic (exact) mass is 357 g/mol. The molecule has 26 heavy (non-hydrogen) atoms. The van der Waals surface area contributed by atoms with Crippen LogP contribution in [0.25, 0.3) is 5.69 Å². The molecular formula is C19H17F2N3O2. The number of carbonyl (C=O) groups excluding carboxylic acids is 1. The van der Waals surface area contributed by atoms with E-state index in [-0.39, 0.29) is 18.4 Å². The maximum absolute atomic E-state index is 13.5. The van der Waals surface area contributed by atoms with Gasteiger partial charge in [-0.3, -0.25) is 4.79 Å². The molecule has 7 heteroatoms. The summed E-state index contributed by atoms with van der Waals surface area (Å²) in [5.74, 6) is -2.15. The van der Waals surface area contributed by atoms with E-state index in [0.29, 0.717) is 6.07 Å². The number of halogens is 2. The summed E-state index contributed by atoms with van der Waals surface area (Å²) in [6.07, 6.45) is 3.49. The van der Waals surface area contributed by atoms with Gasteiger partial charge >= 0.3 is 0 Å². The molecular weight excluding hydrogens is 340 g/mol. The fourth-order valence-electron chi connectivity index (χ4n) is 2.57. The summed E-state index contributed by atoms with van der Waals surface area (Å²) in [6.45, 7) is 1.45. The number of rotatable bonds is 6. The molecule has 0 saturated heterocycles. The number of hydrogen-bond donors (Lipinski definition) is 1. The van der Waals surface area contributed by atoms with E-state index in [4.69, 9.17) is 4.74 Å². The molecule has 1 atom stereocenters. The molecule has 0 radical (unpaired) electrons. The molecule has 0 spiro atoms. The van der Waals surface area contributed by atoms with E-state index in [0.717, 1.165) is 23.4 Å². The molecule has 5 nitrogen and oxygen atoms in total. The Kier molecular flexibility index (Phi) is 5.26. The van der Waals surface area contributed by atoms with Crippen molar-refractivity contribution in [3.05, 3.63) is 78.1 Å². The molecule has 1 aromatic heterocycles. The Morgan fingerprint density at radius 2 is 2.04 bits per heavy atom. The van der Waals surface area contributed by atoms with Gasteiger partial charge in [0.1, 0.15) is 5.82 Å². The number of ether oxygens (including phenoxy) is 1. The highest BCUT2D eigenvalue weighted by atomic mass is 19.1. The number of amides is 1. The van der Waals surface area contributed by atoms with Crippen molar-refractivity contribution in [1.29, 1.82) is 0 Å². The fourth-order valence-corrected chi connectivity index (χ4v) is 2.57. The van der Waals surface area contributed by atoms with Gasteiger partial charge in [-0.2, -0.15) is 5.10 Å². The Hall–Kier alpha value is -3.22. The molecule has 0 bridgehead atoms. The van der Waals surface area contributed by atoms with Crippen LogP contribution in [0.15, 0.2) is 60.9 Å². The lowest BCUT2D eigenvalue weighted by Crippen LogP contribution is -2.31. The summed E-state index contributed by atoms with van der Waals surface area (Å²) < 4.78 is 33.2. The third-order valence-corrected chi connectivity index (χ3v) is 3.78. The minimum atomic E-state index is -0.852. The molecule has 0 fully saturated rings. The van der Waals surface area contributed by atoms with Crippen molar-refractivity contribution >= 4 is 5.91 Å². The third kappa shape index (κ3) is 4.05. The third-order valence-electron chi connectivity index (χ3n) is 3.78. The van der Waals surface area contributed by atoms with Crippen LogP contribution in [0.5, 0.6) is 5.75 Å². The SMILES string of the molecule is CC(NC(=O)COc1ccc(F)cc1F)c1ccccc1-n1cccn1. The van der Waals surface area contributed by atoms with Gasteiger partial charge in [0.25, 0.3) is 5.91 Å². The van der Waals surface area contributed by atoms with Crippen molar-refractivity contribution in [2.75, 3.05) is 6.61 Å². The molecule has 134 valence electrons. The van der Waals surface area contributed by atoms with E-state index < -0.39 is 17.5 Å². The van der Waals surface area contributed by atoms with Gasteiger partial charge in [-0.25, -0.2) is 13.5 Å². The van der Waals surface area contributed by atoms with E-state index in [1.165, 1.54) is 0 Å². The van der Waals surface area contributed by atoms with Crippen molar-refractivity contribution in [3.63, 3.8) is 0 Å². The first-order chi connectivity index (χ1) is 12.5. The summed E-state index contributed by atoms with van der Waals surface area (Å²) in [7, 11) is 0. The van der Waals surface area contributed by atoms with Crippen LogP contribution in [0.3, 0.4) is 0 Å². The van der Waals surface area contributed by atoms with Gasteiger partial charge in [-0.05, 0) is 36.8 Å². The molecule has 2 aromatic carbocycles. The van der Waals surface area contributed by atoms with Crippen molar-refractivity contribution in [1.82, 2.24) is 15.1 Å². The van der Waals surface area contributed by atoms with Crippen LogP contribution in [0.1, 0.15) is 18.5 Å².